The standard InChI is InChI=1S/C16H25ClN2O2/c1-12-8-15(9-13(2)16(12)17)21-11-14(20)10-19-6-3-4-18-5-7-19/h8-9,14,18,20H,3-7,10-11H2,1-2H3. The first-order valence-corrected chi connectivity index (χ1v) is 7.94. The molecule has 1 atom stereocenters. The zero-order chi connectivity index (χ0) is 15.2. The molecule has 2 N–H and O–H groups in total. The molecule has 21 heavy (non-hydrogen) atoms. The maximum atomic E-state index is 10.1. The Labute approximate surface area is 132 Å². The minimum Gasteiger partial charge on any atom is -0.491 e. The second-order valence-corrected chi connectivity index (χ2v) is 6.12. The van der Waals surface area contributed by atoms with E-state index < -0.39 is 6.10 Å². The molecule has 0 aliphatic carbocycles. The summed E-state index contributed by atoms with van der Waals surface area (Å²) in [5.41, 5.74) is 2.00. The number of ether oxygens (including phenoxy) is 1. The summed E-state index contributed by atoms with van der Waals surface area (Å²) in [5, 5.41) is 14.3. The normalized spacial score (nSPS) is 18.3. The summed E-state index contributed by atoms with van der Waals surface area (Å²) in [6.07, 6.45) is 0.655. The molecule has 1 aromatic carbocycles. The largest absolute Gasteiger partial charge is 0.491 e. The van der Waals surface area contributed by atoms with Gasteiger partial charge in [0.25, 0.3) is 0 Å². The first-order valence-electron chi connectivity index (χ1n) is 7.57. The van der Waals surface area contributed by atoms with Gasteiger partial charge in [0, 0.05) is 24.7 Å². The highest BCUT2D eigenvalue weighted by molar-refractivity contribution is 6.32. The molecule has 2 rings (SSSR count). The summed E-state index contributed by atoms with van der Waals surface area (Å²) in [6, 6.07) is 3.83. The van der Waals surface area contributed by atoms with Crippen LogP contribution in [0.25, 0.3) is 0 Å². The Balaban J connectivity index is 1.81. The fourth-order valence-electron chi connectivity index (χ4n) is 2.62. The Morgan fingerprint density at radius 3 is 2.71 bits per heavy atom. The van der Waals surface area contributed by atoms with Crippen LogP contribution in [0.1, 0.15) is 17.5 Å². The number of hydrogen-bond acceptors (Lipinski definition) is 4. The van der Waals surface area contributed by atoms with Gasteiger partial charge < -0.3 is 15.2 Å². The molecule has 4 nitrogen and oxygen atoms in total. The van der Waals surface area contributed by atoms with Crippen molar-refractivity contribution < 1.29 is 9.84 Å². The molecular formula is C16H25ClN2O2. The first-order chi connectivity index (χ1) is 10.1. The third kappa shape index (κ3) is 5.15. The summed E-state index contributed by atoms with van der Waals surface area (Å²) in [6.45, 7) is 8.96. The number of nitrogens with one attached hydrogen (secondary N) is 1. The molecule has 1 heterocycles. The van der Waals surface area contributed by atoms with E-state index in [2.05, 4.69) is 10.2 Å². The molecule has 1 unspecified atom stereocenters. The molecule has 1 aliphatic rings. The fourth-order valence-corrected chi connectivity index (χ4v) is 2.73. The monoisotopic (exact) mass is 312 g/mol. The van der Waals surface area contributed by atoms with Crippen LogP contribution in [0, 0.1) is 13.8 Å². The van der Waals surface area contributed by atoms with Crippen LogP contribution in [0.4, 0.5) is 0 Å². The number of nitrogens with zero attached hydrogens (tertiary/aromatic N) is 1. The number of aliphatic hydroxyl groups is 1. The van der Waals surface area contributed by atoms with Gasteiger partial charge in [-0.15, -0.1) is 0 Å². The van der Waals surface area contributed by atoms with Gasteiger partial charge in [0.2, 0.25) is 0 Å². The van der Waals surface area contributed by atoms with E-state index in [0.717, 1.165) is 54.5 Å². The predicted molar refractivity (Wildman–Crippen MR) is 86.4 cm³/mol. The smallest absolute Gasteiger partial charge is 0.120 e. The summed E-state index contributed by atoms with van der Waals surface area (Å²) in [5.74, 6) is 0.769. The number of rotatable bonds is 5. The van der Waals surface area contributed by atoms with E-state index in [4.69, 9.17) is 16.3 Å². The van der Waals surface area contributed by atoms with E-state index >= 15 is 0 Å². The Morgan fingerprint density at radius 2 is 2.00 bits per heavy atom. The summed E-state index contributed by atoms with van der Waals surface area (Å²) in [7, 11) is 0. The number of benzene rings is 1. The molecule has 0 bridgehead atoms. The Morgan fingerprint density at radius 1 is 1.29 bits per heavy atom. The lowest BCUT2D eigenvalue weighted by Crippen LogP contribution is -2.37. The average molecular weight is 313 g/mol. The molecule has 0 radical (unpaired) electrons. The van der Waals surface area contributed by atoms with Gasteiger partial charge in [-0.1, -0.05) is 11.6 Å². The van der Waals surface area contributed by atoms with Crippen molar-refractivity contribution >= 4 is 11.6 Å². The van der Waals surface area contributed by atoms with Crippen LogP contribution < -0.4 is 10.1 Å². The molecule has 1 aliphatic heterocycles. The van der Waals surface area contributed by atoms with E-state index in [1.807, 2.05) is 26.0 Å². The van der Waals surface area contributed by atoms with Crippen LogP contribution in [-0.2, 0) is 0 Å². The second-order valence-electron chi connectivity index (χ2n) is 5.74. The second kappa shape index (κ2) is 7.99. The number of aliphatic hydroxyl groups excluding tert-OH is 1. The van der Waals surface area contributed by atoms with E-state index in [0.29, 0.717) is 13.2 Å². The Bertz CT molecular complexity index is 437. The maximum absolute atomic E-state index is 10.1. The van der Waals surface area contributed by atoms with E-state index in [1.54, 1.807) is 0 Å². The van der Waals surface area contributed by atoms with E-state index in [1.165, 1.54) is 0 Å². The highest BCUT2D eigenvalue weighted by atomic mass is 35.5. The van der Waals surface area contributed by atoms with Gasteiger partial charge in [0.05, 0.1) is 0 Å². The lowest BCUT2D eigenvalue weighted by Gasteiger charge is -2.23. The Kier molecular flexibility index (Phi) is 6.30. The molecule has 1 saturated heterocycles. The number of β-amino-alcohol motifs (C(OH)–C–C–N with tert-alkyl or cyclic N) is 1. The number of halogens is 1. The lowest BCUT2D eigenvalue weighted by molar-refractivity contribution is 0.0703. The van der Waals surface area contributed by atoms with Gasteiger partial charge in [0.1, 0.15) is 18.5 Å². The third-order valence-electron chi connectivity index (χ3n) is 3.75. The van der Waals surface area contributed by atoms with Gasteiger partial charge in [-0.3, -0.25) is 4.90 Å². The minimum absolute atomic E-state index is 0.310. The highest BCUT2D eigenvalue weighted by Crippen LogP contribution is 2.25. The molecular weight excluding hydrogens is 288 g/mol. The van der Waals surface area contributed by atoms with Crippen LogP contribution in [0.15, 0.2) is 12.1 Å². The summed E-state index contributed by atoms with van der Waals surface area (Å²) in [4.78, 5) is 2.28. The van der Waals surface area contributed by atoms with Crippen LogP contribution in [0.2, 0.25) is 5.02 Å². The molecule has 0 aromatic heterocycles. The summed E-state index contributed by atoms with van der Waals surface area (Å²) >= 11 is 6.14. The number of hydrogen-bond donors (Lipinski definition) is 2. The molecule has 1 fully saturated rings. The lowest BCUT2D eigenvalue weighted by atomic mass is 10.1. The van der Waals surface area contributed by atoms with E-state index in [9.17, 15) is 5.11 Å². The van der Waals surface area contributed by atoms with E-state index in [-0.39, 0.29) is 0 Å². The maximum Gasteiger partial charge on any atom is 0.120 e. The van der Waals surface area contributed by atoms with Gasteiger partial charge >= 0.3 is 0 Å². The molecule has 5 heteroatoms. The van der Waals surface area contributed by atoms with Crippen molar-refractivity contribution in [1.29, 1.82) is 0 Å². The van der Waals surface area contributed by atoms with Crippen molar-refractivity contribution in [3.8, 4) is 5.75 Å². The van der Waals surface area contributed by atoms with Crippen molar-refractivity contribution in [3.63, 3.8) is 0 Å². The van der Waals surface area contributed by atoms with Gasteiger partial charge in [-0.05, 0) is 56.6 Å². The van der Waals surface area contributed by atoms with Crippen LogP contribution in [0.3, 0.4) is 0 Å². The first kappa shape index (κ1) is 16.6. The zero-order valence-corrected chi connectivity index (χ0v) is 13.6. The average Bonchev–Trinajstić information content (AvgIpc) is 2.71. The minimum atomic E-state index is -0.473. The van der Waals surface area contributed by atoms with Gasteiger partial charge in [-0.25, -0.2) is 0 Å². The van der Waals surface area contributed by atoms with Crippen molar-refractivity contribution in [2.24, 2.45) is 0 Å². The quantitative estimate of drug-likeness (QED) is 0.873. The van der Waals surface area contributed by atoms with Gasteiger partial charge in [0.15, 0.2) is 0 Å². The number of aryl methyl sites for hydroxylation is 2. The molecule has 0 amide bonds. The van der Waals surface area contributed by atoms with Crippen molar-refractivity contribution in [2.75, 3.05) is 39.3 Å². The molecule has 0 saturated carbocycles. The topological polar surface area (TPSA) is 44.7 Å². The predicted octanol–water partition coefficient (Wildman–Crippen LogP) is 1.99. The fraction of sp³-hybridized carbons (Fsp3) is 0.625. The SMILES string of the molecule is Cc1cc(OCC(O)CN2CCCNCC2)cc(C)c1Cl. The highest BCUT2D eigenvalue weighted by Gasteiger charge is 2.14. The Hall–Kier alpha value is -0.810. The van der Waals surface area contributed by atoms with Crippen LogP contribution >= 0.6 is 11.6 Å². The van der Waals surface area contributed by atoms with Crippen molar-refractivity contribution in [1.82, 2.24) is 10.2 Å². The van der Waals surface area contributed by atoms with Crippen molar-refractivity contribution in [2.45, 2.75) is 26.4 Å². The summed E-state index contributed by atoms with van der Waals surface area (Å²) < 4.78 is 5.71. The van der Waals surface area contributed by atoms with Crippen LogP contribution in [0.5, 0.6) is 5.75 Å². The molecule has 118 valence electrons. The third-order valence-corrected chi connectivity index (χ3v) is 4.35. The van der Waals surface area contributed by atoms with Gasteiger partial charge in [-0.2, -0.15) is 0 Å². The molecule has 1 aromatic rings. The van der Waals surface area contributed by atoms with Crippen molar-refractivity contribution in [3.05, 3.63) is 28.3 Å². The van der Waals surface area contributed by atoms with Crippen LogP contribution in [-0.4, -0.2) is 55.4 Å². The zero-order valence-electron chi connectivity index (χ0n) is 12.9. The molecule has 0 spiro atoms.